The molecule has 1 atom stereocenters. The highest BCUT2D eigenvalue weighted by atomic mass is 16.5. The molecule has 0 aliphatic heterocycles. The maximum Gasteiger partial charge on any atom is 0.333 e. The van der Waals surface area contributed by atoms with Crippen molar-refractivity contribution in [3.8, 4) is 0 Å². The number of hydrogen-bond donors (Lipinski definition) is 1. The zero-order valence-electron chi connectivity index (χ0n) is 10.6. The summed E-state index contributed by atoms with van der Waals surface area (Å²) in [5.41, 5.74) is 0.758. The summed E-state index contributed by atoms with van der Waals surface area (Å²) >= 11 is 0. The molecular formula is C13H23NO2. The monoisotopic (exact) mass is 225 g/mol. The first kappa shape index (κ1) is 13.2. The van der Waals surface area contributed by atoms with E-state index in [0.717, 1.165) is 24.5 Å². The third-order valence-corrected chi connectivity index (χ3v) is 3.03. The second kappa shape index (κ2) is 6.69. The van der Waals surface area contributed by atoms with Crippen molar-refractivity contribution >= 4 is 5.97 Å². The van der Waals surface area contributed by atoms with E-state index >= 15 is 0 Å². The molecule has 1 rings (SSSR count). The Morgan fingerprint density at radius 1 is 1.56 bits per heavy atom. The second-order valence-electron chi connectivity index (χ2n) is 4.56. The Balaban J connectivity index is 2.23. The number of rotatable bonds is 7. The molecule has 0 spiro atoms. The largest absolute Gasteiger partial charge is 0.466 e. The van der Waals surface area contributed by atoms with Crippen LogP contribution >= 0.6 is 0 Å². The molecule has 3 heteroatoms. The van der Waals surface area contributed by atoms with Crippen LogP contribution in [0.2, 0.25) is 0 Å². The molecule has 0 bridgehead atoms. The maximum absolute atomic E-state index is 11.3. The molecule has 1 N–H and O–H groups in total. The molecule has 1 unspecified atom stereocenters. The van der Waals surface area contributed by atoms with Crippen molar-refractivity contribution in [1.29, 1.82) is 0 Å². The number of hydrogen-bond acceptors (Lipinski definition) is 3. The van der Waals surface area contributed by atoms with Crippen LogP contribution in [0, 0.1) is 5.92 Å². The van der Waals surface area contributed by atoms with Crippen molar-refractivity contribution in [3.05, 3.63) is 11.6 Å². The number of carbonyl (C=O) groups excluding carboxylic acids is 1. The lowest BCUT2D eigenvalue weighted by Gasteiger charge is -2.11. The van der Waals surface area contributed by atoms with Crippen molar-refractivity contribution in [2.24, 2.45) is 5.92 Å². The fourth-order valence-corrected chi connectivity index (χ4v) is 1.82. The summed E-state index contributed by atoms with van der Waals surface area (Å²) in [5, 5.41) is 3.41. The SMILES string of the molecule is CCC(=CCNC(C)CC1CC1)C(=O)OC. The number of methoxy groups -OCH3 is 1. The summed E-state index contributed by atoms with van der Waals surface area (Å²) in [6.07, 6.45) is 6.71. The summed E-state index contributed by atoms with van der Waals surface area (Å²) in [4.78, 5) is 11.3. The first-order valence-electron chi connectivity index (χ1n) is 6.18. The fourth-order valence-electron chi connectivity index (χ4n) is 1.82. The molecule has 1 fully saturated rings. The second-order valence-corrected chi connectivity index (χ2v) is 4.56. The van der Waals surface area contributed by atoms with E-state index in [-0.39, 0.29) is 5.97 Å². The topological polar surface area (TPSA) is 38.3 Å². The lowest BCUT2D eigenvalue weighted by Crippen LogP contribution is -2.27. The van der Waals surface area contributed by atoms with Gasteiger partial charge in [-0.25, -0.2) is 4.79 Å². The molecule has 3 nitrogen and oxygen atoms in total. The Morgan fingerprint density at radius 3 is 2.75 bits per heavy atom. The molecule has 0 amide bonds. The van der Waals surface area contributed by atoms with Crippen LogP contribution in [0.15, 0.2) is 11.6 Å². The minimum absolute atomic E-state index is 0.209. The van der Waals surface area contributed by atoms with E-state index in [4.69, 9.17) is 4.74 Å². The van der Waals surface area contributed by atoms with Gasteiger partial charge in [0.05, 0.1) is 7.11 Å². The fraction of sp³-hybridized carbons (Fsp3) is 0.769. The zero-order valence-corrected chi connectivity index (χ0v) is 10.6. The third-order valence-electron chi connectivity index (χ3n) is 3.03. The van der Waals surface area contributed by atoms with Crippen LogP contribution in [0.4, 0.5) is 0 Å². The van der Waals surface area contributed by atoms with E-state index in [1.165, 1.54) is 26.4 Å². The van der Waals surface area contributed by atoms with Gasteiger partial charge in [0.25, 0.3) is 0 Å². The first-order valence-corrected chi connectivity index (χ1v) is 6.18. The lowest BCUT2D eigenvalue weighted by molar-refractivity contribution is -0.136. The Kier molecular flexibility index (Phi) is 5.53. The molecule has 1 aliphatic rings. The Labute approximate surface area is 98.2 Å². The normalized spacial score (nSPS) is 18.3. The Morgan fingerprint density at radius 2 is 2.25 bits per heavy atom. The number of nitrogens with one attached hydrogen (secondary N) is 1. The maximum atomic E-state index is 11.3. The average Bonchev–Trinajstić information content (AvgIpc) is 3.07. The first-order chi connectivity index (χ1) is 7.67. The van der Waals surface area contributed by atoms with E-state index in [0.29, 0.717) is 6.04 Å². The molecule has 1 saturated carbocycles. The Bertz CT molecular complexity index is 257. The zero-order chi connectivity index (χ0) is 12.0. The lowest BCUT2D eigenvalue weighted by atomic mass is 10.1. The number of ether oxygens (including phenoxy) is 1. The van der Waals surface area contributed by atoms with Gasteiger partial charge in [-0.2, -0.15) is 0 Å². The van der Waals surface area contributed by atoms with Crippen molar-refractivity contribution in [2.75, 3.05) is 13.7 Å². The summed E-state index contributed by atoms with van der Waals surface area (Å²) in [5.74, 6) is 0.733. The van der Waals surface area contributed by atoms with Crippen LogP contribution in [-0.4, -0.2) is 25.7 Å². The van der Waals surface area contributed by atoms with Gasteiger partial charge in [-0.1, -0.05) is 25.8 Å². The highest BCUT2D eigenvalue weighted by Crippen LogP contribution is 2.33. The molecule has 1 aliphatic carbocycles. The van der Waals surface area contributed by atoms with E-state index < -0.39 is 0 Å². The third kappa shape index (κ3) is 4.79. The van der Waals surface area contributed by atoms with E-state index in [2.05, 4.69) is 12.2 Å². The van der Waals surface area contributed by atoms with Crippen LogP contribution in [0.1, 0.15) is 39.5 Å². The summed E-state index contributed by atoms with van der Waals surface area (Å²) in [7, 11) is 1.43. The molecule has 0 heterocycles. The molecule has 16 heavy (non-hydrogen) atoms. The predicted octanol–water partition coefficient (Wildman–Crippen LogP) is 2.27. The van der Waals surface area contributed by atoms with Crippen molar-refractivity contribution in [2.45, 2.75) is 45.6 Å². The van der Waals surface area contributed by atoms with Gasteiger partial charge in [0, 0.05) is 18.2 Å². The van der Waals surface area contributed by atoms with E-state index in [1.54, 1.807) is 0 Å². The molecule has 0 aromatic heterocycles. The van der Waals surface area contributed by atoms with Gasteiger partial charge < -0.3 is 10.1 Å². The van der Waals surface area contributed by atoms with Crippen LogP contribution in [0.5, 0.6) is 0 Å². The van der Waals surface area contributed by atoms with Crippen molar-refractivity contribution in [3.63, 3.8) is 0 Å². The molecule has 92 valence electrons. The predicted molar refractivity (Wildman–Crippen MR) is 65.2 cm³/mol. The van der Waals surface area contributed by atoms with Gasteiger partial charge in [0.1, 0.15) is 0 Å². The highest BCUT2D eigenvalue weighted by Gasteiger charge is 2.23. The van der Waals surface area contributed by atoms with Crippen LogP contribution in [0.25, 0.3) is 0 Å². The van der Waals surface area contributed by atoms with Gasteiger partial charge in [0.2, 0.25) is 0 Å². The van der Waals surface area contributed by atoms with Crippen LogP contribution in [0.3, 0.4) is 0 Å². The van der Waals surface area contributed by atoms with Crippen LogP contribution in [-0.2, 0) is 9.53 Å². The summed E-state index contributed by atoms with van der Waals surface area (Å²) < 4.78 is 4.70. The van der Waals surface area contributed by atoms with Crippen molar-refractivity contribution < 1.29 is 9.53 Å². The average molecular weight is 225 g/mol. The quantitative estimate of drug-likeness (QED) is 0.533. The highest BCUT2D eigenvalue weighted by molar-refractivity contribution is 5.88. The van der Waals surface area contributed by atoms with Crippen LogP contribution < -0.4 is 5.32 Å². The molecule has 0 aromatic rings. The van der Waals surface area contributed by atoms with Crippen molar-refractivity contribution in [1.82, 2.24) is 5.32 Å². The van der Waals surface area contributed by atoms with Gasteiger partial charge in [-0.05, 0) is 25.7 Å². The standard InChI is InChI=1S/C13H23NO2/c1-4-12(13(15)16-3)7-8-14-10(2)9-11-5-6-11/h7,10-11,14H,4-6,8-9H2,1-3H3. The molecule has 0 radical (unpaired) electrons. The minimum Gasteiger partial charge on any atom is -0.466 e. The molecule has 0 saturated heterocycles. The smallest absolute Gasteiger partial charge is 0.333 e. The van der Waals surface area contributed by atoms with Gasteiger partial charge >= 0.3 is 5.97 Å². The molecule has 0 aromatic carbocycles. The van der Waals surface area contributed by atoms with E-state index in [9.17, 15) is 4.79 Å². The number of carbonyl (C=O) groups is 1. The van der Waals surface area contributed by atoms with Gasteiger partial charge in [0.15, 0.2) is 0 Å². The summed E-state index contributed by atoms with van der Waals surface area (Å²) in [6, 6.07) is 0.541. The van der Waals surface area contributed by atoms with Gasteiger partial charge in [-0.3, -0.25) is 0 Å². The number of esters is 1. The summed E-state index contributed by atoms with van der Waals surface area (Å²) in [6.45, 7) is 4.93. The van der Waals surface area contributed by atoms with E-state index in [1.807, 2.05) is 13.0 Å². The molecular weight excluding hydrogens is 202 g/mol. The minimum atomic E-state index is -0.209. The Hall–Kier alpha value is -0.830. The van der Waals surface area contributed by atoms with Gasteiger partial charge in [-0.15, -0.1) is 0 Å².